The lowest BCUT2D eigenvalue weighted by Gasteiger charge is -2.48. The first kappa shape index (κ1) is 31.7. The van der Waals surface area contributed by atoms with Crippen LogP contribution >= 0.6 is 0 Å². The maximum absolute atomic E-state index is 13.2. The summed E-state index contributed by atoms with van der Waals surface area (Å²) in [6, 6.07) is 30.5. The van der Waals surface area contributed by atoms with E-state index in [2.05, 4.69) is 48.2 Å². The molecule has 1 aliphatic heterocycles. The van der Waals surface area contributed by atoms with Crippen LogP contribution < -0.4 is 0 Å². The van der Waals surface area contributed by atoms with E-state index in [-0.39, 0.29) is 37.2 Å². The Morgan fingerprint density at radius 1 is 0.651 bits per heavy atom. The second-order valence-corrected chi connectivity index (χ2v) is 12.1. The Morgan fingerprint density at radius 2 is 1.12 bits per heavy atom. The molecule has 3 aromatic rings. The zero-order chi connectivity index (χ0) is 30.1. The van der Waals surface area contributed by atoms with Gasteiger partial charge in [-0.15, -0.1) is 0 Å². The van der Waals surface area contributed by atoms with Crippen molar-refractivity contribution >= 4 is 0 Å². The van der Waals surface area contributed by atoms with Gasteiger partial charge in [-0.3, -0.25) is 4.90 Å². The van der Waals surface area contributed by atoms with Gasteiger partial charge in [0.2, 0.25) is 0 Å². The maximum atomic E-state index is 13.2. The Hall–Kier alpha value is -2.71. The summed E-state index contributed by atoms with van der Waals surface area (Å²) in [6.07, 6.45) is -2.22. The third-order valence-corrected chi connectivity index (χ3v) is 9.17. The molecule has 43 heavy (non-hydrogen) atoms. The van der Waals surface area contributed by atoms with Crippen molar-refractivity contribution in [3.63, 3.8) is 0 Å². The fourth-order valence-corrected chi connectivity index (χ4v) is 6.51. The molecule has 1 heterocycles. The van der Waals surface area contributed by atoms with Crippen LogP contribution in [0.5, 0.6) is 0 Å². The fraction of sp³-hybridized carbons (Fsp3) is 0.500. The van der Waals surface area contributed by atoms with Gasteiger partial charge in [-0.1, -0.05) is 91.0 Å². The second kappa shape index (κ2) is 15.3. The zero-order valence-corrected chi connectivity index (χ0v) is 25.0. The van der Waals surface area contributed by atoms with Crippen LogP contribution in [0.4, 0.5) is 13.2 Å². The number of benzene rings is 3. The Kier molecular flexibility index (Phi) is 11.3. The summed E-state index contributed by atoms with van der Waals surface area (Å²) < 4.78 is 59.6. The monoisotopic (exact) mass is 595 g/mol. The standard InChI is InChI=1S/C36H44F3NO3/c1-27-34(42-25-30-13-7-3-8-14-30)35(43-26-31-15-9-4-10-16-31)33(41-24-29-11-5-2-6-12-29)23-40(27)22-21-28-17-19-32(20-18-28)36(37,38)39/h2-16,27-28,32-35H,17-26H2,1H3. The highest BCUT2D eigenvalue weighted by Gasteiger charge is 2.45. The van der Waals surface area contributed by atoms with Gasteiger partial charge in [0.15, 0.2) is 0 Å². The lowest BCUT2D eigenvalue weighted by Crippen LogP contribution is -2.62. The highest BCUT2D eigenvalue weighted by Crippen LogP contribution is 2.40. The smallest absolute Gasteiger partial charge is 0.369 e. The predicted octanol–water partition coefficient (Wildman–Crippen LogP) is 8.21. The number of nitrogens with zero attached hydrogens (tertiary/aromatic N) is 1. The number of halogens is 3. The molecular formula is C36H44F3NO3. The Bertz CT molecular complexity index is 1200. The fourth-order valence-electron chi connectivity index (χ4n) is 6.51. The van der Waals surface area contributed by atoms with E-state index < -0.39 is 12.1 Å². The van der Waals surface area contributed by atoms with E-state index in [4.69, 9.17) is 14.2 Å². The molecule has 0 amide bonds. The Morgan fingerprint density at radius 3 is 1.60 bits per heavy atom. The third kappa shape index (κ3) is 9.15. The van der Waals surface area contributed by atoms with E-state index in [9.17, 15) is 13.2 Å². The third-order valence-electron chi connectivity index (χ3n) is 9.17. The van der Waals surface area contributed by atoms with Crippen LogP contribution in [0.15, 0.2) is 91.0 Å². The van der Waals surface area contributed by atoms with Crippen molar-refractivity contribution in [3.05, 3.63) is 108 Å². The molecule has 232 valence electrons. The minimum atomic E-state index is -4.08. The molecule has 3 aromatic carbocycles. The van der Waals surface area contributed by atoms with Crippen LogP contribution in [-0.4, -0.2) is 48.5 Å². The highest BCUT2D eigenvalue weighted by atomic mass is 19.4. The van der Waals surface area contributed by atoms with Crippen LogP contribution in [0, 0.1) is 11.8 Å². The number of hydrogen-bond donors (Lipinski definition) is 0. The van der Waals surface area contributed by atoms with Gasteiger partial charge >= 0.3 is 6.18 Å². The van der Waals surface area contributed by atoms with E-state index in [1.807, 2.05) is 54.6 Å². The average Bonchev–Trinajstić information content (AvgIpc) is 3.03. The second-order valence-electron chi connectivity index (χ2n) is 12.1. The first-order valence-electron chi connectivity index (χ1n) is 15.6. The van der Waals surface area contributed by atoms with Crippen LogP contribution in [0.25, 0.3) is 0 Å². The number of likely N-dealkylation sites (tertiary alicyclic amines) is 1. The molecule has 4 atom stereocenters. The van der Waals surface area contributed by atoms with Gasteiger partial charge in [0.25, 0.3) is 0 Å². The highest BCUT2D eigenvalue weighted by molar-refractivity contribution is 5.16. The molecule has 2 fully saturated rings. The zero-order valence-electron chi connectivity index (χ0n) is 25.0. The molecule has 0 aromatic heterocycles. The number of ether oxygens (including phenoxy) is 3. The van der Waals surface area contributed by atoms with Gasteiger partial charge in [-0.05, 0) is 68.2 Å². The molecule has 2 aliphatic rings. The lowest BCUT2D eigenvalue weighted by molar-refractivity contribution is -0.201. The molecule has 0 N–H and O–H groups in total. The number of rotatable bonds is 12. The van der Waals surface area contributed by atoms with Gasteiger partial charge in [-0.2, -0.15) is 13.2 Å². The van der Waals surface area contributed by atoms with Gasteiger partial charge in [0.1, 0.15) is 12.2 Å². The summed E-state index contributed by atoms with van der Waals surface area (Å²) in [5.41, 5.74) is 3.28. The molecule has 0 radical (unpaired) electrons. The van der Waals surface area contributed by atoms with Crippen molar-refractivity contribution in [3.8, 4) is 0 Å². The normalized spacial score (nSPS) is 26.8. The lowest BCUT2D eigenvalue weighted by atomic mass is 9.80. The molecule has 1 aliphatic carbocycles. The van der Waals surface area contributed by atoms with Crippen molar-refractivity contribution in [2.75, 3.05) is 13.1 Å². The van der Waals surface area contributed by atoms with Crippen molar-refractivity contribution in [1.29, 1.82) is 0 Å². The van der Waals surface area contributed by atoms with E-state index in [1.165, 1.54) is 0 Å². The Balaban J connectivity index is 1.31. The Labute approximate surface area is 254 Å². The first-order chi connectivity index (χ1) is 20.9. The summed E-state index contributed by atoms with van der Waals surface area (Å²) in [7, 11) is 0. The molecule has 4 nitrogen and oxygen atoms in total. The summed E-state index contributed by atoms with van der Waals surface area (Å²) in [5, 5.41) is 0. The molecule has 5 rings (SSSR count). The molecule has 0 bridgehead atoms. The molecule has 1 saturated heterocycles. The molecule has 7 heteroatoms. The van der Waals surface area contributed by atoms with E-state index in [0.717, 1.165) is 29.7 Å². The van der Waals surface area contributed by atoms with Crippen LogP contribution in [0.1, 0.15) is 55.7 Å². The minimum absolute atomic E-state index is 0.0487. The quantitative estimate of drug-likeness (QED) is 0.211. The summed E-state index contributed by atoms with van der Waals surface area (Å²) >= 11 is 0. The molecule has 1 saturated carbocycles. The van der Waals surface area contributed by atoms with Gasteiger partial charge in [0.05, 0.1) is 31.8 Å². The van der Waals surface area contributed by atoms with Crippen LogP contribution in [0.3, 0.4) is 0 Å². The predicted molar refractivity (Wildman–Crippen MR) is 162 cm³/mol. The minimum Gasteiger partial charge on any atom is -0.369 e. The molecular weight excluding hydrogens is 551 g/mol. The van der Waals surface area contributed by atoms with Gasteiger partial charge in [0, 0.05) is 12.6 Å². The summed E-state index contributed by atoms with van der Waals surface area (Å²) in [4.78, 5) is 2.41. The van der Waals surface area contributed by atoms with E-state index in [0.29, 0.717) is 45.1 Å². The molecule has 0 spiro atoms. The van der Waals surface area contributed by atoms with Gasteiger partial charge < -0.3 is 14.2 Å². The number of alkyl halides is 3. The van der Waals surface area contributed by atoms with E-state index in [1.54, 1.807) is 0 Å². The van der Waals surface area contributed by atoms with E-state index >= 15 is 0 Å². The van der Waals surface area contributed by atoms with Gasteiger partial charge in [-0.25, -0.2) is 0 Å². The van der Waals surface area contributed by atoms with Crippen molar-refractivity contribution in [2.45, 2.75) is 89.4 Å². The largest absolute Gasteiger partial charge is 0.391 e. The topological polar surface area (TPSA) is 30.9 Å². The summed E-state index contributed by atoms with van der Waals surface area (Å²) in [6.45, 7) is 5.04. The summed E-state index contributed by atoms with van der Waals surface area (Å²) in [5.74, 6) is -0.836. The number of hydrogen-bond acceptors (Lipinski definition) is 4. The molecule has 4 unspecified atom stereocenters. The number of piperidine rings is 1. The maximum Gasteiger partial charge on any atom is 0.391 e. The first-order valence-corrected chi connectivity index (χ1v) is 15.6. The van der Waals surface area contributed by atoms with Crippen LogP contribution in [-0.2, 0) is 34.0 Å². The van der Waals surface area contributed by atoms with Crippen LogP contribution in [0.2, 0.25) is 0 Å². The van der Waals surface area contributed by atoms with Crippen molar-refractivity contribution < 1.29 is 27.4 Å². The van der Waals surface area contributed by atoms with Crippen molar-refractivity contribution in [1.82, 2.24) is 4.90 Å². The SMILES string of the molecule is CC1C(OCc2ccccc2)C(OCc2ccccc2)C(OCc2ccccc2)CN1CCC1CCC(C(F)(F)F)CC1. The van der Waals surface area contributed by atoms with Crippen molar-refractivity contribution in [2.24, 2.45) is 11.8 Å². The average molecular weight is 596 g/mol.